The van der Waals surface area contributed by atoms with Gasteiger partial charge in [0, 0.05) is 12.1 Å². The Morgan fingerprint density at radius 2 is 2.17 bits per heavy atom. The number of anilines is 2. The maximum absolute atomic E-state index is 5.76. The maximum Gasteiger partial charge on any atom is 0.322 e. The fourth-order valence-electron chi connectivity index (χ4n) is 2.93. The molecule has 24 heavy (non-hydrogen) atoms. The number of H-pyrrole nitrogens is 1. The minimum absolute atomic E-state index is 0.323. The fraction of sp³-hybridized carbons (Fsp3) is 0.467. The van der Waals surface area contributed by atoms with Crippen molar-refractivity contribution in [3.8, 4) is 5.88 Å². The van der Waals surface area contributed by atoms with Gasteiger partial charge in [-0.25, -0.2) is 9.97 Å². The lowest BCUT2D eigenvalue weighted by Gasteiger charge is -2.26. The fourth-order valence-corrected chi connectivity index (χ4v) is 2.93. The van der Waals surface area contributed by atoms with Crippen LogP contribution in [-0.4, -0.2) is 57.3 Å². The molecule has 4 heterocycles. The monoisotopic (exact) mass is 329 g/mol. The first-order valence-corrected chi connectivity index (χ1v) is 7.90. The third-order valence-electron chi connectivity index (χ3n) is 4.30. The van der Waals surface area contributed by atoms with Crippen LogP contribution in [0.5, 0.6) is 5.88 Å². The summed E-state index contributed by atoms with van der Waals surface area (Å²) in [6.07, 6.45) is 3.72. The van der Waals surface area contributed by atoms with Gasteiger partial charge in [0.2, 0.25) is 17.7 Å². The average molecular weight is 329 g/mol. The molecular weight excluding hydrogens is 310 g/mol. The van der Waals surface area contributed by atoms with Crippen LogP contribution in [0.2, 0.25) is 0 Å². The highest BCUT2D eigenvalue weighted by Crippen LogP contribution is 2.28. The summed E-state index contributed by atoms with van der Waals surface area (Å²) < 4.78 is 11.0. The first-order chi connectivity index (χ1) is 11.7. The van der Waals surface area contributed by atoms with Crippen LogP contribution in [-0.2, 0) is 0 Å². The second kappa shape index (κ2) is 6.08. The number of nitrogens with zero attached hydrogens (tertiary/aromatic N) is 5. The molecule has 9 heteroatoms. The van der Waals surface area contributed by atoms with Crippen LogP contribution in [0.1, 0.15) is 24.7 Å². The molecule has 0 saturated carbocycles. The van der Waals surface area contributed by atoms with Crippen molar-refractivity contribution in [1.82, 2.24) is 30.0 Å². The Hall–Kier alpha value is -2.68. The normalized spacial score (nSPS) is 16.6. The van der Waals surface area contributed by atoms with E-state index < -0.39 is 0 Å². The highest BCUT2D eigenvalue weighted by atomic mass is 16.5. The number of pyridine rings is 1. The molecule has 9 nitrogen and oxygen atoms in total. The van der Waals surface area contributed by atoms with Gasteiger partial charge in [0.1, 0.15) is 5.52 Å². The van der Waals surface area contributed by atoms with Gasteiger partial charge in [0.15, 0.2) is 0 Å². The Morgan fingerprint density at radius 1 is 1.33 bits per heavy atom. The standard InChI is InChI=1S/C15H19N7O2/c1-22-7-4-9(5-8-22)12-20-21-15(24-12)19-14-17-10-3-6-16-13(23-2)11(10)18-14/h3,6,9H,4-5,7-8H2,1-2H3,(H2,17,18,19,21). The lowest BCUT2D eigenvalue weighted by Crippen LogP contribution is -2.29. The van der Waals surface area contributed by atoms with E-state index in [1.807, 2.05) is 0 Å². The zero-order valence-electron chi connectivity index (χ0n) is 13.6. The van der Waals surface area contributed by atoms with E-state index in [1.165, 1.54) is 0 Å². The average Bonchev–Trinajstić information content (AvgIpc) is 3.22. The van der Waals surface area contributed by atoms with Gasteiger partial charge < -0.3 is 19.0 Å². The van der Waals surface area contributed by atoms with E-state index in [4.69, 9.17) is 9.15 Å². The van der Waals surface area contributed by atoms with Gasteiger partial charge in [0.05, 0.1) is 12.6 Å². The van der Waals surface area contributed by atoms with Crippen LogP contribution in [0.4, 0.5) is 12.0 Å². The third-order valence-corrected chi connectivity index (χ3v) is 4.30. The van der Waals surface area contributed by atoms with Crippen molar-refractivity contribution in [3.05, 3.63) is 18.2 Å². The van der Waals surface area contributed by atoms with Crippen molar-refractivity contribution in [2.24, 2.45) is 0 Å². The molecule has 1 aliphatic heterocycles. The van der Waals surface area contributed by atoms with E-state index in [2.05, 4.69) is 42.4 Å². The van der Waals surface area contributed by atoms with Gasteiger partial charge in [0.25, 0.3) is 0 Å². The summed E-state index contributed by atoms with van der Waals surface area (Å²) in [4.78, 5) is 14.0. The molecule has 0 aromatic carbocycles. The summed E-state index contributed by atoms with van der Waals surface area (Å²) in [5.74, 6) is 2.01. The predicted molar refractivity (Wildman–Crippen MR) is 87.5 cm³/mol. The molecule has 0 atom stereocenters. The highest BCUT2D eigenvalue weighted by molar-refractivity contribution is 5.82. The first-order valence-electron chi connectivity index (χ1n) is 7.90. The molecule has 2 N–H and O–H groups in total. The number of aromatic amines is 1. The number of imidazole rings is 1. The zero-order chi connectivity index (χ0) is 16.5. The molecule has 3 aromatic heterocycles. The number of ether oxygens (including phenoxy) is 1. The van der Waals surface area contributed by atoms with Crippen LogP contribution in [0.15, 0.2) is 16.7 Å². The number of hydrogen-bond acceptors (Lipinski definition) is 8. The number of fused-ring (bicyclic) bond motifs is 1. The van der Waals surface area contributed by atoms with Crippen molar-refractivity contribution in [2.45, 2.75) is 18.8 Å². The van der Waals surface area contributed by atoms with Gasteiger partial charge in [-0.3, -0.25) is 5.32 Å². The number of hydrogen-bond donors (Lipinski definition) is 2. The minimum Gasteiger partial charge on any atom is -0.479 e. The van der Waals surface area contributed by atoms with E-state index in [0.717, 1.165) is 37.0 Å². The van der Waals surface area contributed by atoms with Crippen molar-refractivity contribution < 1.29 is 9.15 Å². The molecule has 1 saturated heterocycles. The Bertz CT molecular complexity index is 835. The molecule has 1 fully saturated rings. The number of nitrogens with one attached hydrogen (secondary N) is 2. The molecule has 4 rings (SSSR count). The zero-order valence-corrected chi connectivity index (χ0v) is 13.6. The van der Waals surface area contributed by atoms with Gasteiger partial charge in [-0.2, -0.15) is 0 Å². The molecule has 3 aromatic rings. The maximum atomic E-state index is 5.76. The predicted octanol–water partition coefficient (Wildman–Crippen LogP) is 1.90. The largest absolute Gasteiger partial charge is 0.479 e. The van der Waals surface area contributed by atoms with E-state index in [9.17, 15) is 0 Å². The van der Waals surface area contributed by atoms with Crippen molar-refractivity contribution >= 4 is 23.0 Å². The Kier molecular flexibility index (Phi) is 3.77. The van der Waals surface area contributed by atoms with Crippen LogP contribution in [0, 0.1) is 0 Å². The Morgan fingerprint density at radius 3 is 2.96 bits per heavy atom. The number of aromatic nitrogens is 5. The summed E-state index contributed by atoms with van der Waals surface area (Å²) in [5, 5.41) is 11.3. The second-order valence-electron chi connectivity index (χ2n) is 5.95. The van der Waals surface area contributed by atoms with E-state index in [0.29, 0.717) is 29.7 Å². The summed E-state index contributed by atoms with van der Waals surface area (Å²) in [5.41, 5.74) is 1.47. The molecule has 0 amide bonds. The van der Waals surface area contributed by atoms with Gasteiger partial charge >= 0.3 is 6.01 Å². The SMILES string of the molecule is COc1nccc2nc(Nc3nnc(C4CCN(C)CC4)o3)[nH]c12. The smallest absolute Gasteiger partial charge is 0.322 e. The number of piperidine rings is 1. The molecular formula is C15H19N7O2. The molecule has 0 spiro atoms. The van der Waals surface area contributed by atoms with Crippen molar-refractivity contribution in [2.75, 3.05) is 32.6 Å². The van der Waals surface area contributed by atoms with Crippen molar-refractivity contribution in [1.29, 1.82) is 0 Å². The minimum atomic E-state index is 0.323. The van der Waals surface area contributed by atoms with E-state index in [1.54, 1.807) is 19.4 Å². The Balaban J connectivity index is 1.52. The van der Waals surface area contributed by atoms with Crippen molar-refractivity contribution in [3.63, 3.8) is 0 Å². The summed E-state index contributed by atoms with van der Waals surface area (Å²) in [6, 6.07) is 2.13. The van der Waals surface area contributed by atoms with E-state index in [-0.39, 0.29) is 0 Å². The van der Waals surface area contributed by atoms with Crippen LogP contribution in [0.25, 0.3) is 11.0 Å². The van der Waals surface area contributed by atoms with Gasteiger partial charge in [-0.1, -0.05) is 5.10 Å². The number of likely N-dealkylation sites (tertiary alicyclic amines) is 1. The van der Waals surface area contributed by atoms with E-state index >= 15 is 0 Å². The third kappa shape index (κ3) is 2.78. The van der Waals surface area contributed by atoms with Crippen LogP contribution < -0.4 is 10.1 Å². The first kappa shape index (κ1) is 14.9. The molecule has 0 radical (unpaired) electrons. The molecule has 126 valence electrons. The van der Waals surface area contributed by atoms with Gasteiger partial charge in [-0.05, 0) is 39.0 Å². The summed E-state index contributed by atoms with van der Waals surface area (Å²) in [7, 11) is 3.70. The quantitative estimate of drug-likeness (QED) is 0.748. The summed E-state index contributed by atoms with van der Waals surface area (Å²) in [6.45, 7) is 2.10. The second-order valence-corrected chi connectivity index (χ2v) is 5.95. The molecule has 0 bridgehead atoms. The number of methoxy groups -OCH3 is 1. The molecule has 0 unspecified atom stereocenters. The lowest BCUT2D eigenvalue weighted by atomic mass is 9.97. The molecule has 1 aliphatic rings. The van der Waals surface area contributed by atoms with Crippen LogP contribution >= 0.6 is 0 Å². The summed E-state index contributed by atoms with van der Waals surface area (Å²) >= 11 is 0. The van der Waals surface area contributed by atoms with Crippen LogP contribution in [0.3, 0.4) is 0 Å². The lowest BCUT2D eigenvalue weighted by molar-refractivity contribution is 0.238. The van der Waals surface area contributed by atoms with Gasteiger partial charge in [-0.15, -0.1) is 5.10 Å². The number of rotatable bonds is 4. The topological polar surface area (TPSA) is 105 Å². The Labute approximate surface area is 138 Å². The highest BCUT2D eigenvalue weighted by Gasteiger charge is 2.23. The molecule has 0 aliphatic carbocycles.